The maximum absolute atomic E-state index is 12.8. The van der Waals surface area contributed by atoms with Gasteiger partial charge >= 0.3 is 0 Å². The predicted octanol–water partition coefficient (Wildman–Crippen LogP) is 5.05. The standard InChI is InChI=1S/C21H12Cl2N2O3/c22-17-9-7-14(11-18(17)23)25-20(27)15-8-6-12(10-16(15)21(25)28)19(26)24-13-4-2-1-3-5-13/h1-11H,(H,24,26). The molecule has 0 aliphatic carbocycles. The molecular formula is C21H12Cl2N2O3. The number of carbonyl (C=O) groups is 3. The van der Waals surface area contributed by atoms with Gasteiger partial charge in [0.1, 0.15) is 0 Å². The molecular weight excluding hydrogens is 399 g/mol. The number of amides is 3. The lowest BCUT2D eigenvalue weighted by Gasteiger charge is -2.14. The molecule has 0 saturated heterocycles. The molecule has 7 heteroatoms. The average molecular weight is 411 g/mol. The van der Waals surface area contributed by atoms with Gasteiger partial charge in [-0.2, -0.15) is 0 Å². The monoisotopic (exact) mass is 410 g/mol. The summed E-state index contributed by atoms with van der Waals surface area (Å²) in [4.78, 5) is 39.0. The second kappa shape index (κ2) is 7.11. The Hall–Kier alpha value is -3.15. The number of hydrogen-bond acceptors (Lipinski definition) is 3. The van der Waals surface area contributed by atoms with Gasteiger partial charge in [0, 0.05) is 11.3 Å². The number of nitrogens with zero attached hydrogens (tertiary/aromatic N) is 1. The summed E-state index contributed by atoms with van der Waals surface area (Å²) in [7, 11) is 0. The predicted molar refractivity (Wildman–Crippen MR) is 108 cm³/mol. The fraction of sp³-hybridized carbons (Fsp3) is 0. The molecule has 1 N–H and O–H groups in total. The van der Waals surface area contributed by atoms with Crippen molar-refractivity contribution in [2.75, 3.05) is 10.2 Å². The van der Waals surface area contributed by atoms with Crippen LogP contribution in [0, 0.1) is 0 Å². The van der Waals surface area contributed by atoms with Gasteiger partial charge in [0.25, 0.3) is 17.7 Å². The fourth-order valence-electron chi connectivity index (χ4n) is 2.97. The van der Waals surface area contributed by atoms with Crippen molar-refractivity contribution in [2.45, 2.75) is 0 Å². The Morgan fingerprint density at radius 1 is 0.786 bits per heavy atom. The summed E-state index contributed by atoms with van der Waals surface area (Å²) in [6.07, 6.45) is 0. The van der Waals surface area contributed by atoms with Crippen LogP contribution in [0.25, 0.3) is 0 Å². The highest BCUT2D eigenvalue weighted by Gasteiger charge is 2.37. The summed E-state index contributed by atoms with van der Waals surface area (Å²) in [5.74, 6) is -1.37. The van der Waals surface area contributed by atoms with Gasteiger partial charge in [0.05, 0.1) is 26.9 Å². The molecule has 138 valence electrons. The highest BCUT2D eigenvalue weighted by atomic mass is 35.5. The zero-order chi connectivity index (χ0) is 19.8. The van der Waals surface area contributed by atoms with Gasteiger partial charge in [0.2, 0.25) is 0 Å². The lowest BCUT2D eigenvalue weighted by atomic mass is 10.1. The lowest BCUT2D eigenvalue weighted by molar-refractivity contribution is 0.0925. The molecule has 0 spiro atoms. The van der Waals surface area contributed by atoms with Gasteiger partial charge in [-0.15, -0.1) is 0 Å². The third-order valence-electron chi connectivity index (χ3n) is 4.34. The van der Waals surface area contributed by atoms with Crippen molar-refractivity contribution >= 4 is 52.3 Å². The van der Waals surface area contributed by atoms with E-state index >= 15 is 0 Å². The summed E-state index contributed by atoms with van der Waals surface area (Å²) < 4.78 is 0. The van der Waals surface area contributed by atoms with Crippen LogP contribution in [0.2, 0.25) is 10.0 Å². The zero-order valence-corrected chi connectivity index (χ0v) is 15.8. The van der Waals surface area contributed by atoms with E-state index in [1.165, 1.54) is 30.3 Å². The van der Waals surface area contributed by atoms with E-state index in [1.807, 2.05) is 6.07 Å². The average Bonchev–Trinajstić information content (AvgIpc) is 2.95. The second-order valence-electron chi connectivity index (χ2n) is 6.12. The third kappa shape index (κ3) is 3.15. The smallest absolute Gasteiger partial charge is 0.266 e. The normalized spacial score (nSPS) is 12.9. The molecule has 0 unspecified atom stereocenters. The second-order valence-corrected chi connectivity index (χ2v) is 6.94. The van der Waals surface area contributed by atoms with E-state index < -0.39 is 11.8 Å². The molecule has 3 aromatic carbocycles. The minimum atomic E-state index is -0.521. The van der Waals surface area contributed by atoms with Crippen LogP contribution >= 0.6 is 23.2 Å². The Balaban J connectivity index is 1.65. The van der Waals surface area contributed by atoms with Crippen LogP contribution in [0.4, 0.5) is 11.4 Å². The van der Waals surface area contributed by atoms with E-state index in [9.17, 15) is 14.4 Å². The van der Waals surface area contributed by atoms with Crippen molar-refractivity contribution in [3.05, 3.63) is 93.5 Å². The molecule has 4 rings (SSSR count). The van der Waals surface area contributed by atoms with E-state index in [-0.39, 0.29) is 27.6 Å². The van der Waals surface area contributed by atoms with Gasteiger partial charge in [-0.25, -0.2) is 4.90 Å². The quantitative estimate of drug-likeness (QED) is 0.614. The molecule has 28 heavy (non-hydrogen) atoms. The first-order valence-corrected chi connectivity index (χ1v) is 9.05. The minimum Gasteiger partial charge on any atom is -0.322 e. The Kier molecular flexibility index (Phi) is 4.63. The van der Waals surface area contributed by atoms with Gasteiger partial charge in [-0.1, -0.05) is 41.4 Å². The molecule has 1 heterocycles. The summed E-state index contributed by atoms with van der Waals surface area (Å²) >= 11 is 11.9. The van der Waals surface area contributed by atoms with Crippen LogP contribution in [0.3, 0.4) is 0 Å². The summed E-state index contributed by atoms with van der Waals surface area (Å²) in [6.45, 7) is 0. The van der Waals surface area contributed by atoms with Crippen molar-refractivity contribution < 1.29 is 14.4 Å². The van der Waals surface area contributed by atoms with E-state index in [4.69, 9.17) is 23.2 Å². The van der Waals surface area contributed by atoms with Gasteiger partial charge in [-0.05, 0) is 48.5 Å². The maximum Gasteiger partial charge on any atom is 0.266 e. The van der Waals surface area contributed by atoms with Crippen LogP contribution in [-0.2, 0) is 0 Å². The first-order chi connectivity index (χ1) is 13.5. The van der Waals surface area contributed by atoms with Crippen LogP contribution < -0.4 is 10.2 Å². The van der Waals surface area contributed by atoms with Crippen molar-refractivity contribution in [1.29, 1.82) is 0 Å². The molecule has 3 aromatic rings. The highest BCUT2D eigenvalue weighted by molar-refractivity contribution is 6.42. The number of benzene rings is 3. The molecule has 5 nitrogen and oxygen atoms in total. The molecule has 1 aliphatic heterocycles. The first-order valence-electron chi connectivity index (χ1n) is 8.30. The molecule has 0 saturated carbocycles. The van der Waals surface area contributed by atoms with Crippen LogP contribution in [-0.4, -0.2) is 17.7 Å². The molecule has 1 aliphatic rings. The number of fused-ring (bicyclic) bond motifs is 1. The number of anilines is 2. The number of halogens is 2. The van der Waals surface area contributed by atoms with Gasteiger partial charge in [-0.3, -0.25) is 14.4 Å². The van der Waals surface area contributed by atoms with Crippen molar-refractivity contribution in [2.24, 2.45) is 0 Å². The molecule has 0 radical (unpaired) electrons. The third-order valence-corrected chi connectivity index (χ3v) is 5.08. The number of carbonyl (C=O) groups excluding carboxylic acids is 3. The fourth-order valence-corrected chi connectivity index (χ4v) is 3.26. The first kappa shape index (κ1) is 18.2. The maximum atomic E-state index is 12.8. The van der Waals surface area contributed by atoms with Crippen LogP contribution in [0.5, 0.6) is 0 Å². The zero-order valence-electron chi connectivity index (χ0n) is 14.3. The van der Waals surface area contributed by atoms with Crippen LogP contribution in [0.1, 0.15) is 31.1 Å². The van der Waals surface area contributed by atoms with Crippen molar-refractivity contribution in [3.8, 4) is 0 Å². The molecule has 0 atom stereocenters. The van der Waals surface area contributed by atoms with E-state index in [1.54, 1.807) is 30.3 Å². The molecule has 0 bridgehead atoms. The van der Waals surface area contributed by atoms with Crippen molar-refractivity contribution in [3.63, 3.8) is 0 Å². The Labute approximate surface area is 170 Å². The number of nitrogens with one attached hydrogen (secondary N) is 1. The minimum absolute atomic E-state index is 0.164. The number of hydrogen-bond donors (Lipinski definition) is 1. The van der Waals surface area contributed by atoms with Gasteiger partial charge in [0.15, 0.2) is 0 Å². The Bertz CT molecular complexity index is 1130. The van der Waals surface area contributed by atoms with Gasteiger partial charge < -0.3 is 5.32 Å². The summed E-state index contributed by atoms with van der Waals surface area (Å²) in [6, 6.07) is 17.9. The van der Waals surface area contributed by atoms with E-state index in [2.05, 4.69) is 5.32 Å². The number of imide groups is 1. The molecule has 0 aromatic heterocycles. The summed E-state index contributed by atoms with van der Waals surface area (Å²) in [5, 5.41) is 3.31. The van der Waals surface area contributed by atoms with Crippen LogP contribution in [0.15, 0.2) is 66.7 Å². The molecule has 0 fully saturated rings. The lowest BCUT2D eigenvalue weighted by Crippen LogP contribution is -2.29. The number of para-hydroxylation sites is 1. The SMILES string of the molecule is O=C(Nc1ccccc1)c1ccc2c(c1)C(=O)N(c1ccc(Cl)c(Cl)c1)C2=O. The number of rotatable bonds is 3. The topological polar surface area (TPSA) is 66.5 Å². The molecule has 3 amide bonds. The Morgan fingerprint density at radius 2 is 1.50 bits per heavy atom. The van der Waals surface area contributed by atoms with E-state index in [0.717, 1.165) is 4.90 Å². The summed E-state index contributed by atoms with van der Waals surface area (Å²) in [5.41, 5.74) is 1.62. The Morgan fingerprint density at radius 3 is 2.21 bits per heavy atom. The van der Waals surface area contributed by atoms with Crippen molar-refractivity contribution in [1.82, 2.24) is 0 Å². The largest absolute Gasteiger partial charge is 0.322 e. The highest BCUT2D eigenvalue weighted by Crippen LogP contribution is 2.33. The van der Waals surface area contributed by atoms with E-state index in [0.29, 0.717) is 16.4 Å².